The summed E-state index contributed by atoms with van der Waals surface area (Å²) < 4.78 is 0. The smallest absolute Gasteiger partial charge is 0.0965 e. The lowest BCUT2D eigenvalue weighted by molar-refractivity contribution is 0.596. The van der Waals surface area contributed by atoms with Crippen molar-refractivity contribution < 1.29 is 0 Å². The molecule has 4 atom stereocenters. The number of hydrogen-bond donors (Lipinski definition) is 2. The van der Waals surface area contributed by atoms with Crippen molar-refractivity contribution >= 4 is 11.3 Å². The van der Waals surface area contributed by atoms with Gasteiger partial charge in [-0.15, -0.1) is 0 Å². The highest BCUT2D eigenvalue weighted by Gasteiger charge is 2.46. The molecule has 1 heterocycles. The van der Waals surface area contributed by atoms with Gasteiger partial charge in [-0.25, -0.2) is 0 Å². The second kappa shape index (κ2) is 11.6. The zero-order valence-electron chi connectivity index (χ0n) is 27.4. The van der Waals surface area contributed by atoms with Gasteiger partial charge in [-0.2, -0.15) is 0 Å². The van der Waals surface area contributed by atoms with Crippen LogP contribution in [0.25, 0.3) is 5.57 Å². The molecule has 0 bridgehead atoms. The van der Waals surface area contributed by atoms with Crippen LogP contribution in [-0.4, -0.2) is 18.2 Å². The Balaban J connectivity index is 1.11. The van der Waals surface area contributed by atoms with Crippen LogP contribution < -0.4 is 16.0 Å². The van der Waals surface area contributed by atoms with Gasteiger partial charge in [0.05, 0.1) is 18.2 Å². The first-order valence-corrected chi connectivity index (χ1v) is 17.5. The lowest BCUT2D eigenvalue weighted by atomic mass is 9.76. The summed E-state index contributed by atoms with van der Waals surface area (Å²) in [5, 5.41) is 3.72. The van der Waals surface area contributed by atoms with E-state index in [-0.39, 0.29) is 23.7 Å². The third-order valence-corrected chi connectivity index (χ3v) is 11.4. The topological polar surface area (TPSA) is 41.3 Å². The molecule has 0 amide bonds. The summed E-state index contributed by atoms with van der Waals surface area (Å²) in [7, 11) is 0. The number of nitrogens with two attached hydrogens (primary N) is 1. The molecule has 0 fully saturated rings. The van der Waals surface area contributed by atoms with Gasteiger partial charge in [0.2, 0.25) is 0 Å². The molecule has 4 unspecified atom stereocenters. The van der Waals surface area contributed by atoms with Gasteiger partial charge < -0.3 is 16.0 Å². The molecule has 0 spiro atoms. The van der Waals surface area contributed by atoms with Crippen molar-refractivity contribution in [3.05, 3.63) is 154 Å². The molecule has 2 aromatic carbocycles. The summed E-state index contributed by atoms with van der Waals surface area (Å²) in [4.78, 5) is 2.69. The number of allylic oxidation sites excluding steroid dienone is 8. The van der Waals surface area contributed by atoms with Gasteiger partial charge in [-0.1, -0.05) is 105 Å². The van der Waals surface area contributed by atoms with Crippen molar-refractivity contribution in [3.63, 3.8) is 0 Å². The van der Waals surface area contributed by atoms with Crippen LogP contribution in [0.5, 0.6) is 0 Å². The number of nitrogens with one attached hydrogen (secondary N) is 1. The molecule has 3 nitrogen and oxygen atoms in total. The number of hydrogen-bond acceptors (Lipinski definition) is 3. The van der Waals surface area contributed by atoms with Gasteiger partial charge in [0.15, 0.2) is 0 Å². The summed E-state index contributed by atoms with van der Waals surface area (Å²) in [6.45, 7) is 9.29. The number of fused-ring (bicyclic) bond motifs is 6. The second-order valence-electron chi connectivity index (χ2n) is 14.5. The third kappa shape index (κ3) is 4.91. The van der Waals surface area contributed by atoms with Gasteiger partial charge >= 0.3 is 0 Å². The number of nitrogens with zero attached hydrogens (tertiary/aromatic N) is 1. The maximum absolute atomic E-state index is 6.75. The highest BCUT2D eigenvalue weighted by atomic mass is 15.2. The molecule has 2 aromatic rings. The van der Waals surface area contributed by atoms with E-state index in [4.69, 9.17) is 5.73 Å². The Bertz CT molecular complexity index is 1800. The Morgan fingerprint density at radius 3 is 2.59 bits per heavy atom. The zero-order valence-corrected chi connectivity index (χ0v) is 27.4. The average Bonchev–Trinajstić information content (AvgIpc) is 3.79. The van der Waals surface area contributed by atoms with E-state index in [0.717, 1.165) is 43.4 Å². The fourth-order valence-corrected chi connectivity index (χ4v) is 8.87. The van der Waals surface area contributed by atoms with E-state index in [1.807, 2.05) is 0 Å². The number of para-hydroxylation sites is 1. The van der Waals surface area contributed by atoms with Crippen molar-refractivity contribution in [2.45, 2.75) is 94.8 Å². The van der Waals surface area contributed by atoms with Crippen molar-refractivity contribution in [2.75, 3.05) is 4.90 Å². The van der Waals surface area contributed by atoms with Crippen molar-refractivity contribution in [2.24, 2.45) is 5.73 Å². The largest absolute Gasteiger partial charge is 0.366 e. The van der Waals surface area contributed by atoms with E-state index in [2.05, 4.69) is 128 Å². The van der Waals surface area contributed by atoms with Crippen LogP contribution in [0.15, 0.2) is 137 Å². The Labute approximate surface area is 275 Å². The first-order valence-electron chi connectivity index (χ1n) is 17.5. The highest BCUT2D eigenvalue weighted by Crippen LogP contribution is 2.56. The molecule has 0 radical (unpaired) electrons. The maximum atomic E-state index is 6.75. The Hall–Kier alpha value is -4.08. The quantitative estimate of drug-likeness (QED) is 0.188. The maximum Gasteiger partial charge on any atom is 0.0965 e. The average molecular weight is 606 g/mol. The van der Waals surface area contributed by atoms with Crippen molar-refractivity contribution in [1.29, 1.82) is 0 Å². The molecular weight excluding hydrogens is 558 g/mol. The highest BCUT2D eigenvalue weighted by molar-refractivity contribution is 5.92. The van der Waals surface area contributed by atoms with E-state index in [9.17, 15) is 0 Å². The van der Waals surface area contributed by atoms with E-state index in [0.29, 0.717) is 5.92 Å². The van der Waals surface area contributed by atoms with Gasteiger partial charge in [0.1, 0.15) is 0 Å². The first kappa shape index (κ1) is 29.3. The van der Waals surface area contributed by atoms with Crippen LogP contribution >= 0.6 is 0 Å². The zero-order chi connectivity index (χ0) is 31.4. The molecular formula is C43H47N3. The molecule has 0 saturated heterocycles. The lowest BCUT2D eigenvalue weighted by Crippen LogP contribution is -2.42. The second-order valence-corrected chi connectivity index (χ2v) is 14.5. The minimum atomic E-state index is -0.173. The molecule has 6 aliphatic rings. The Morgan fingerprint density at radius 1 is 0.978 bits per heavy atom. The van der Waals surface area contributed by atoms with E-state index >= 15 is 0 Å². The summed E-state index contributed by atoms with van der Waals surface area (Å²) in [5.74, 6) is 0.351. The Morgan fingerprint density at radius 2 is 1.80 bits per heavy atom. The predicted octanol–water partition coefficient (Wildman–Crippen LogP) is 9.45. The lowest BCUT2D eigenvalue weighted by Gasteiger charge is -2.37. The molecule has 1 aliphatic heterocycles. The fourth-order valence-electron chi connectivity index (χ4n) is 8.87. The number of benzene rings is 2. The van der Waals surface area contributed by atoms with Gasteiger partial charge in [0, 0.05) is 22.7 Å². The minimum Gasteiger partial charge on any atom is -0.366 e. The molecule has 0 aromatic heterocycles. The molecule has 46 heavy (non-hydrogen) atoms. The summed E-state index contributed by atoms with van der Waals surface area (Å²) in [5.41, 5.74) is 21.4. The SMILES string of the molecule is C=C(/C=C(\NC(N)C1=CCCC1)C1=CCC(N2c3ccccc3C3C=C4C(=CC32)c2ccccc2C4(C)C)C=C1)C1=CCCCC1. The third-order valence-electron chi connectivity index (χ3n) is 11.4. The van der Waals surface area contributed by atoms with Crippen LogP contribution in [0.3, 0.4) is 0 Å². The van der Waals surface area contributed by atoms with Crippen LogP contribution in [-0.2, 0) is 5.41 Å². The molecule has 234 valence electrons. The molecule has 3 N–H and O–H groups in total. The van der Waals surface area contributed by atoms with Crippen LogP contribution in [0, 0.1) is 0 Å². The molecule has 8 rings (SSSR count). The summed E-state index contributed by atoms with van der Waals surface area (Å²) >= 11 is 0. The van der Waals surface area contributed by atoms with Crippen molar-refractivity contribution in [1.82, 2.24) is 5.32 Å². The standard InChI is InChI=1S/C43H47N3/c1-28(29-13-5-4-6-14-29)25-39(45-42(44)31-15-7-8-16-31)30-21-23-32(24-22-30)46-40-20-12-10-18-34(40)36-26-38-35(27-41(36)46)33-17-9-11-19-37(33)43(38,2)3/h9-13,15,17-23,25-27,32,36,41-42,45H,1,4-8,14,16,24,44H2,2-3H3/b39-25-. The number of anilines is 1. The van der Waals surface area contributed by atoms with Gasteiger partial charge in [-0.05, 0) is 114 Å². The van der Waals surface area contributed by atoms with Gasteiger partial charge in [0.25, 0.3) is 0 Å². The van der Waals surface area contributed by atoms with E-state index in [1.54, 1.807) is 0 Å². The fraction of sp³-hybridized carbons (Fsp3) is 0.349. The summed E-state index contributed by atoms with van der Waals surface area (Å²) in [6.07, 6.45) is 28.3. The predicted molar refractivity (Wildman–Crippen MR) is 193 cm³/mol. The first-order chi connectivity index (χ1) is 22.4. The van der Waals surface area contributed by atoms with Crippen LogP contribution in [0.4, 0.5) is 5.69 Å². The normalized spacial score (nSPS) is 26.5. The molecule has 5 aliphatic carbocycles. The van der Waals surface area contributed by atoms with E-state index < -0.39 is 0 Å². The summed E-state index contributed by atoms with van der Waals surface area (Å²) in [6, 6.07) is 18.7. The minimum absolute atomic E-state index is 0.0148. The molecule has 0 saturated carbocycles. The monoisotopic (exact) mass is 605 g/mol. The number of rotatable bonds is 7. The van der Waals surface area contributed by atoms with Crippen LogP contribution in [0.1, 0.15) is 87.8 Å². The van der Waals surface area contributed by atoms with Crippen molar-refractivity contribution in [3.8, 4) is 0 Å². The Kier molecular flexibility index (Phi) is 7.41. The molecule has 3 heteroatoms. The van der Waals surface area contributed by atoms with Crippen LogP contribution in [0.2, 0.25) is 0 Å². The van der Waals surface area contributed by atoms with Gasteiger partial charge in [-0.3, -0.25) is 0 Å². The van der Waals surface area contributed by atoms with E-state index in [1.165, 1.54) is 69.5 Å².